The summed E-state index contributed by atoms with van der Waals surface area (Å²) in [7, 11) is 4.56. The molecule has 2 aliphatic heterocycles. The van der Waals surface area contributed by atoms with E-state index in [0.717, 1.165) is 4.90 Å². The molecule has 4 rings (SSSR count). The van der Waals surface area contributed by atoms with E-state index in [2.05, 4.69) is 0 Å². The van der Waals surface area contributed by atoms with Crippen molar-refractivity contribution in [2.75, 3.05) is 52.5 Å². The molecule has 2 aliphatic rings. The third-order valence-corrected chi connectivity index (χ3v) is 5.39. The van der Waals surface area contributed by atoms with Gasteiger partial charge in [0.15, 0.2) is 0 Å². The van der Waals surface area contributed by atoms with E-state index in [0.29, 0.717) is 66.1 Å². The summed E-state index contributed by atoms with van der Waals surface area (Å²) in [6, 6.07) is 12.2. The highest BCUT2D eigenvalue weighted by molar-refractivity contribution is 6.46. The maximum atomic E-state index is 13.7. The largest absolute Gasteiger partial charge is 0.497 e. The molecule has 8 nitrogen and oxygen atoms in total. The van der Waals surface area contributed by atoms with Gasteiger partial charge in [-0.2, -0.15) is 0 Å². The summed E-state index contributed by atoms with van der Waals surface area (Å²) in [5.41, 5.74) is 1.53. The second-order valence-electron chi connectivity index (χ2n) is 7.01. The van der Waals surface area contributed by atoms with E-state index in [4.69, 9.17) is 18.9 Å². The highest BCUT2D eigenvalue weighted by Crippen LogP contribution is 2.42. The zero-order valence-electron chi connectivity index (χ0n) is 17.7. The first-order chi connectivity index (χ1) is 15.1. The van der Waals surface area contributed by atoms with E-state index < -0.39 is 11.8 Å². The second kappa shape index (κ2) is 8.69. The van der Waals surface area contributed by atoms with Crippen LogP contribution in [-0.2, 0) is 14.3 Å². The Labute approximate surface area is 180 Å². The van der Waals surface area contributed by atoms with Gasteiger partial charge in [-0.25, -0.2) is 4.90 Å². The van der Waals surface area contributed by atoms with Crippen molar-refractivity contribution in [1.82, 2.24) is 4.90 Å². The van der Waals surface area contributed by atoms with Crippen LogP contribution >= 0.6 is 0 Å². The zero-order valence-corrected chi connectivity index (χ0v) is 17.7. The fourth-order valence-corrected chi connectivity index (χ4v) is 3.88. The lowest BCUT2D eigenvalue weighted by Crippen LogP contribution is -2.40. The molecule has 2 amide bonds. The molecule has 2 aromatic rings. The van der Waals surface area contributed by atoms with Gasteiger partial charge in [0, 0.05) is 24.7 Å². The molecule has 0 N–H and O–H groups in total. The van der Waals surface area contributed by atoms with Crippen LogP contribution < -0.4 is 19.1 Å². The number of ether oxygens (including phenoxy) is 4. The lowest BCUT2D eigenvalue weighted by atomic mass is 10.0. The third kappa shape index (κ3) is 3.59. The van der Waals surface area contributed by atoms with Crippen molar-refractivity contribution >= 4 is 23.1 Å². The van der Waals surface area contributed by atoms with E-state index in [1.165, 1.54) is 21.3 Å². The Bertz CT molecular complexity index is 1040. The van der Waals surface area contributed by atoms with Crippen LogP contribution in [0.5, 0.6) is 17.2 Å². The first-order valence-electron chi connectivity index (χ1n) is 9.91. The fraction of sp³-hybridized carbons (Fsp3) is 0.304. The van der Waals surface area contributed by atoms with Crippen LogP contribution in [-0.4, -0.2) is 64.3 Å². The molecule has 162 valence electrons. The van der Waals surface area contributed by atoms with Crippen molar-refractivity contribution in [2.45, 2.75) is 0 Å². The number of benzene rings is 2. The molecule has 0 spiro atoms. The number of rotatable bonds is 6. The van der Waals surface area contributed by atoms with Crippen LogP contribution in [0.25, 0.3) is 5.57 Å². The predicted molar refractivity (Wildman–Crippen MR) is 114 cm³/mol. The highest BCUT2D eigenvalue weighted by atomic mass is 16.5. The van der Waals surface area contributed by atoms with Crippen molar-refractivity contribution < 1.29 is 28.5 Å². The van der Waals surface area contributed by atoms with Gasteiger partial charge in [0.05, 0.1) is 45.8 Å². The molecule has 1 saturated heterocycles. The lowest BCUT2D eigenvalue weighted by Gasteiger charge is -2.30. The smallest absolute Gasteiger partial charge is 0.282 e. The topological polar surface area (TPSA) is 77.5 Å². The van der Waals surface area contributed by atoms with E-state index in [-0.39, 0.29) is 0 Å². The van der Waals surface area contributed by atoms with Gasteiger partial charge in [0.2, 0.25) is 0 Å². The Hall–Kier alpha value is -3.52. The number of hydrogen-bond acceptors (Lipinski definition) is 7. The summed E-state index contributed by atoms with van der Waals surface area (Å²) < 4.78 is 21.7. The van der Waals surface area contributed by atoms with Gasteiger partial charge in [-0.05, 0) is 18.2 Å². The minimum absolute atomic E-state index is 0.300. The number of nitrogens with zero attached hydrogens (tertiary/aromatic N) is 2. The number of imide groups is 1. The molecule has 0 aliphatic carbocycles. The fourth-order valence-electron chi connectivity index (χ4n) is 3.88. The van der Waals surface area contributed by atoms with Gasteiger partial charge in [-0.1, -0.05) is 18.2 Å². The van der Waals surface area contributed by atoms with Gasteiger partial charge in [0.1, 0.15) is 22.9 Å². The Kier molecular flexibility index (Phi) is 5.81. The quantitative estimate of drug-likeness (QED) is 0.659. The average molecular weight is 424 g/mol. The number of carbonyl (C=O) groups is 2. The molecule has 0 saturated carbocycles. The van der Waals surface area contributed by atoms with Gasteiger partial charge in [0.25, 0.3) is 11.8 Å². The Morgan fingerprint density at radius 1 is 0.839 bits per heavy atom. The Balaban J connectivity index is 1.89. The van der Waals surface area contributed by atoms with Crippen molar-refractivity contribution in [2.24, 2.45) is 0 Å². The molecule has 2 heterocycles. The van der Waals surface area contributed by atoms with Crippen LogP contribution in [0.3, 0.4) is 0 Å². The molecule has 0 bridgehead atoms. The molecular weight excluding hydrogens is 400 g/mol. The van der Waals surface area contributed by atoms with Gasteiger partial charge < -0.3 is 23.8 Å². The number of amides is 2. The summed E-state index contributed by atoms with van der Waals surface area (Å²) in [5, 5.41) is 0. The summed E-state index contributed by atoms with van der Waals surface area (Å²) in [6.45, 7) is 1.98. The molecule has 8 heteroatoms. The molecule has 2 aromatic carbocycles. The number of morpholine rings is 1. The first-order valence-corrected chi connectivity index (χ1v) is 9.91. The van der Waals surface area contributed by atoms with Crippen LogP contribution in [0.4, 0.5) is 5.69 Å². The van der Waals surface area contributed by atoms with Crippen molar-refractivity contribution in [3.8, 4) is 17.2 Å². The maximum absolute atomic E-state index is 13.7. The highest BCUT2D eigenvalue weighted by Gasteiger charge is 2.44. The predicted octanol–water partition coefficient (Wildman–Crippen LogP) is 2.33. The average Bonchev–Trinajstić information content (AvgIpc) is 3.08. The third-order valence-electron chi connectivity index (χ3n) is 5.39. The number of carbonyl (C=O) groups excluding carboxylic acids is 2. The number of methoxy groups -OCH3 is 3. The molecule has 0 radical (unpaired) electrons. The lowest BCUT2D eigenvalue weighted by molar-refractivity contribution is -0.121. The summed E-state index contributed by atoms with van der Waals surface area (Å²) >= 11 is 0. The Morgan fingerprint density at radius 3 is 2.23 bits per heavy atom. The monoisotopic (exact) mass is 424 g/mol. The molecule has 0 unspecified atom stereocenters. The number of hydrogen-bond donors (Lipinski definition) is 0. The number of anilines is 1. The molecule has 31 heavy (non-hydrogen) atoms. The molecule has 1 fully saturated rings. The van der Waals surface area contributed by atoms with Crippen LogP contribution in [0.1, 0.15) is 5.56 Å². The minimum Gasteiger partial charge on any atom is -0.497 e. The standard InChI is InChI=1S/C23H24N2O6/c1-28-15-8-9-19(30-3)17(14-15)25-22(26)20(16-6-4-5-7-18(16)29-2)21(23(25)27)24-10-12-31-13-11-24/h4-9,14H,10-13H2,1-3H3. The molecular formula is C23H24N2O6. The van der Waals surface area contributed by atoms with Gasteiger partial charge in [-0.15, -0.1) is 0 Å². The van der Waals surface area contributed by atoms with Crippen molar-refractivity contribution in [3.63, 3.8) is 0 Å². The van der Waals surface area contributed by atoms with Crippen LogP contribution in [0.2, 0.25) is 0 Å². The molecule has 0 atom stereocenters. The van der Waals surface area contributed by atoms with Gasteiger partial charge in [-0.3, -0.25) is 9.59 Å². The van der Waals surface area contributed by atoms with Crippen LogP contribution in [0, 0.1) is 0 Å². The van der Waals surface area contributed by atoms with Crippen LogP contribution in [0.15, 0.2) is 48.2 Å². The minimum atomic E-state index is -0.442. The summed E-state index contributed by atoms with van der Waals surface area (Å²) in [5.74, 6) is 0.561. The normalized spacial score (nSPS) is 16.7. The zero-order chi connectivity index (χ0) is 22.0. The first kappa shape index (κ1) is 20.7. The SMILES string of the molecule is COc1ccc(OC)c(N2C(=O)C(c3ccccc3OC)=C(N3CCOCC3)C2=O)c1. The maximum Gasteiger partial charge on any atom is 0.282 e. The second-order valence-corrected chi connectivity index (χ2v) is 7.01. The van der Waals surface area contributed by atoms with Gasteiger partial charge >= 0.3 is 0 Å². The number of para-hydroxylation sites is 1. The van der Waals surface area contributed by atoms with E-state index in [9.17, 15) is 9.59 Å². The van der Waals surface area contributed by atoms with E-state index in [1.54, 1.807) is 30.3 Å². The summed E-state index contributed by atoms with van der Waals surface area (Å²) in [6.07, 6.45) is 0. The van der Waals surface area contributed by atoms with Crippen molar-refractivity contribution in [3.05, 3.63) is 53.7 Å². The Morgan fingerprint density at radius 2 is 1.55 bits per heavy atom. The van der Waals surface area contributed by atoms with E-state index >= 15 is 0 Å². The van der Waals surface area contributed by atoms with E-state index in [1.807, 2.05) is 17.0 Å². The molecule has 0 aromatic heterocycles. The van der Waals surface area contributed by atoms with Crippen molar-refractivity contribution in [1.29, 1.82) is 0 Å². The summed E-state index contributed by atoms with van der Waals surface area (Å²) in [4.78, 5) is 30.5.